The highest BCUT2D eigenvalue weighted by molar-refractivity contribution is 6.34. The van der Waals surface area contributed by atoms with Crippen LogP contribution in [0.4, 0.5) is 0 Å². The summed E-state index contributed by atoms with van der Waals surface area (Å²) in [6.45, 7) is 2.20. The van der Waals surface area contributed by atoms with Gasteiger partial charge in [-0.1, -0.05) is 19.1 Å². The Hall–Kier alpha value is -1.68. The van der Waals surface area contributed by atoms with Crippen molar-refractivity contribution in [2.75, 3.05) is 0 Å². The maximum absolute atomic E-state index is 11.3. The third-order valence-corrected chi connectivity index (χ3v) is 2.05. The van der Waals surface area contributed by atoms with Gasteiger partial charge in [0.1, 0.15) is 5.75 Å². The minimum absolute atomic E-state index is 0.218. The van der Waals surface area contributed by atoms with Crippen LogP contribution < -0.4 is 10.5 Å². The van der Waals surface area contributed by atoms with Crippen LogP contribution in [0.25, 0.3) is 0 Å². The number of Topliss-reactive ketones (excluding diaryl/α,β-unsaturated/α-hetero) is 1. The van der Waals surface area contributed by atoms with Crippen molar-refractivity contribution in [3.05, 3.63) is 29.8 Å². The van der Waals surface area contributed by atoms with Crippen molar-refractivity contribution in [3.63, 3.8) is 0 Å². The van der Waals surface area contributed by atoms with Crippen LogP contribution in [0.15, 0.2) is 24.3 Å². The van der Waals surface area contributed by atoms with Gasteiger partial charge in [-0.15, -0.1) is 0 Å². The summed E-state index contributed by atoms with van der Waals surface area (Å²) in [5, 5.41) is 0. The summed E-state index contributed by atoms with van der Waals surface area (Å²) in [5.74, 6) is -0.950. The van der Waals surface area contributed by atoms with E-state index in [4.69, 9.17) is 10.5 Å². The van der Waals surface area contributed by atoms with Gasteiger partial charge in [0.25, 0.3) is 0 Å². The van der Waals surface area contributed by atoms with Crippen molar-refractivity contribution >= 4 is 11.8 Å². The molecule has 0 saturated heterocycles. The van der Waals surface area contributed by atoms with Gasteiger partial charge in [-0.2, -0.15) is 0 Å². The third-order valence-electron chi connectivity index (χ3n) is 2.05. The Bertz CT molecular complexity index is 388. The zero-order valence-corrected chi connectivity index (χ0v) is 9.23. The van der Waals surface area contributed by atoms with Crippen LogP contribution >= 0.6 is 0 Å². The molecule has 0 aliphatic rings. The lowest BCUT2D eigenvalue weighted by atomic mass is 10.2. The second-order valence-corrected chi connectivity index (χ2v) is 3.41. The zero-order valence-electron chi connectivity index (χ0n) is 9.23. The summed E-state index contributed by atoms with van der Waals surface area (Å²) in [6, 6.07) is 6.83. The highest BCUT2D eigenvalue weighted by Gasteiger charge is 2.14. The first-order valence-corrected chi connectivity index (χ1v) is 5.21. The highest BCUT2D eigenvalue weighted by atomic mass is 16.5. The van der Waals surface area contributed by atoms with E-state index in [2.05, 4.69) is 0 Å². The van der Waals surface area contributed by atoms with E-state index in [1.807, 2.05) is 13.0 Å². The van der Waals surface area contributed by atoms with Crippen molar-refractivity contribution in [1.82, 2.24) is 0 Å². The topological polar surface area (TPSA) is 69.4 Å². The maximum Gasteiger partial charge on any atom is 0.379 e. The van der Waals surface area contributed by atoms with Crippen LogP contribution in [-0.2, 0) is 16.1 Å². The molecule has 0 aliphatic heterocycles. The number of carbonyl (C=O) groups is 2. The molecule has 0 atom stereocenters. The number of carbonyl (C=O) groups excluding carboxylic acids is 2. The zero-order chi connectivity index (χ0) is 12.0. The Labute approximate surface area is 94.4 Å². The van der Waals surface area contributed by atoms with Gasteiger partial charge in [0.2, 0.25) is 5.78 Å². The van der Waals surface area contributed by atoms with Gasteiger partial charge in [0.05, 0.1) is 0 Å². The van der Waals surface area contributed by atoms with Gasteiger partial charge in [-0.3, -0.25) is 4.79 Å². The van der Waals surface area contributed by atoms with Crippen LogP contribution in [0, 0.1) is 0 Å². The second-order valence-electron chi connectivity index (χ2n) is 3.41. The number of hydrogen-bond acceptors (Lipinski definition) is 4. The average Bonchev–Trinajstić information content (AvgIpc) is 2.29. The molecule has 0 aliphatic carbocycles. The molecule has 1 aromatic rings. The lowest BCUT2D eigenvalue weighted by molar-refractivity contribution is -0.147. The van der Waals surface area contributed by atoms with E-state index in [9.17, 15) is 9.59 Å². The predicted octanol–water partition coefficient (Wildman–Crippen LogP) is 1.42. The fourth-order valence-corrected chi connectivity index (χ4v) is 1.23. The predicted molar refractivity (Wildman–Crippen MR) is 59.9 cm³/mol. The maximum atomic E-state index is 11.3. The first kappa shape index (κ1) is 12.4. The minimum Gasteiger partial charge on any atom is -0.421 e. The molecule has 0 amide bonds. The quantitative estimate of drug-likeness (QED) is 0.464. The van der Waals surface area contributed by atoms with Crippen molar-refractivity contribution in [3.8, 4) is 5.75 Å². The molecule has 0 saturated carbocycles. The molecule has 0 heterocycles. The number of benzene rings is 1. The molecule has 0 radical (unpaired) electrons. The van der Waals surface area contributed by atoms with Gasteiger partial charge >= 0.3 is 5.97 Å². The first-order chi connectivity index (χ1) is 7.67. The van der Waals surface area contributed by atoms with Crippen LogP contribution in [0.3, 0.4) is 0 Å². The standard InChI is InChI=1S/C12H15NO3/c1-2-4-11(14)12(15)16-10-6-3-5-9(7-10)8-13/h3,5-7H,2,4,8,13H2,1H3. The normalized spacial score (nSPS) is 9.88. The van der Waals surface area contributed by atoms with Crippen LogP contribution in [0.2, 0.25) is 0 Å². The smallest absolute Gasteiger partial charge is 0.379 e. The minimum atomic E-state index is -0.809. The number of nitrogens with two attached hydrogens (primary N) is 1. The highest BCUT2D eigenvalue weighted by Crippen LogP contribution is 2.13. The molecular weight excluding hydrogens is 206 g/mol. The Morgan fingerprint density at radius 2 is 2.12 bits per heavy atom. The lowest BCUT2D eigenvalue weighted by Crippen LogP contribution is -2.19. The van der Waals surface area contributed by atoms with Gasteiger partial charge < -0.3 is 10.5 Å². The molecule has 1 aromatic carbocycles. The summed E-state index contributed by atoms with van der Waals surface area (Å²) >= 11 is 0. The molecular formula is C12H15NO3. The van der Waals surface area contributed by atoms with Crippen LogP contribution in [-0.4, -0.2) is 11.8 Å². The monoisotopic (exact) mass is 221 g/mol. The largest absolute Gasteiger partial charge is 0.421 e. The molecule has 16 heavy (non-hydrogen) atoms. The Balaban J connectivity index is 2.65. The molecule has 0 spiro atoms. The van der Waals surface area contributed by atoms with E-state index in [-0.39, 0.29) is 6.42 Å². The fraction of sp³-hybridized carbons (Fsp3) is 0.333. The van der Waals surface area contributed by atoms with Crippen molar-refractivity contribution in [1.29, 1.82) is 0 Å². The summed E-state index contributed by atoms with van der Waals surface area (Å²) in [5.41, 5.74) is 6.30. The van der Waals surface area contributed by atoms with E-state index in [0.717, 1.165) is 5.56 Å². The molecule has 0 fully saturated rings. The molecule has 0 aromatic heterocycles. The van der Waals surface area contributed by atoms with E-state index in [1.165, 1.54) is 0 Å². The van der Waals surface area contributed by atoms with Crippen LogP contribution in [0.1, 0.15) is 25.3 Å². The molecule has 0 unspecified atom stereocenters. The Morgan fingerprint density at radius 1 is 1.38 bits per heavy atom. The first-order valence-electron chi connectivity index (χ1n) is 5.21. The molecule has 1 rings (SSSR count). The van der Waals surface area contributed by atoms with E-state index in [1.54, 1.807) is 18.2 Å². The summed E-state index contributed by atoms with van der Waals surface area (Å²) in [7, 11) is 0. The van der Waals surface area contributed by atoms with Crippen molar-refractivity contribution in [2.24, 2.45) is 5.73 Å². The van der Waals surface area contributed by atoms with Crippen LogP contribution in [0.5, 0.6) is 5.75 Å². The van der Waals surface area contributed by atoms with Gasteiger partial charge in [0.15, 0.2) is 0 Å². The number of esters is 1. The molecule has 0 bridgehead atoms. The number of hydrogen-bond donors (Lipinski definition) is 1. The molecule has 4 nitrogen and oxygen atoms in total. The average molecular weight is 221 g/mol. The van der Waals surface area contributed by atoms with E-state index < -0.39 is 11.8 Å². The van der Waals surface area contributed by atoms with E-state index >= 15 is 0 Å². The van der Waals surface area contributed by atoms with Gasteiger partial charge in [0, 0.05) is 13.0 Å². The molecule has 86 valence electrons. The SMILES string of the molecule is CCCC(=O)C(=O)Oc1cccc(CN)c1. The van der Waals surface area contributed by atoms with Gasteiger partial charge in [-0.05, 0) is 24.1 Å². The summed E-state index contributed by atoms with van der Waals surface area (Å²) in [4.78, 5) is 22.5. The Morgan fingerprint density at radius 3 is 2.75 bits per heavy atom. The number of rotatable bonds is 5. The lowest BCUT2D eigenvalue weighted by Gasteiger charge is -2.04. The fourth-order valence-electron chi connectivity index (χ4n) is 1.23. The second kappa shape index (κ2) is 6.02. The van der Waals surface area contributed by atoms with Crippen molar-refractivity contribution in [2.45, 2.75) is 26.3 Å². The summed E-state index contributed by atoms with van der Waals surface area (Å²) in [6.07, 6.45) is 0.853. The molecule has 2 N–H and O–H groups in total. The summed E-state index contributed by atoms with van der Waals surface area (Å²) < 4.78 is 4.93. The Kier molecular flexibility index (Phi) is 4.66. The van der Waals surface area contributed by atoms with E-state index in [0.29, 0.717) is 18.7 Å². The van der Waals surface area contributed by atoms with Crippen molar-refractivity contribution < 1.29 is 14.3 Å². The van der Waals surface area contributed by atoms with Gasteiger partial charge in [-0.25, -0.2) is 4.79 Å². The third kappa shape index (κ3) is 3.47. The molecule has 4 heteroatoms. The number of ether oxygens (including phenoxy) is 1. The number of ketones is 1.